The maximum absolute atomic E-state index is 5.63. The predicted octanol–water partition coefficient (Wildman–Crippen LogP) is 4.09. The van der Waals surface area contributed by atoms with E-state index in [-0.39, 0.29) is 12.0 Å². The van der Waals surface area contributed by atoms with Gasteiger partial charge in [0.05, 0.1) is 5.39 Å². The molecule has 7 nitrogen and oxygen atoms in total. The minimum Gasteiger partial charge on any atom is -0.381 e. The molecule has 8 heteroatoms. The quantitative estimate of drug-likeness (QED) is 0.721. The van der Waals surface area contributed by atoms with E-state index in [1.54, 1.807) is 17.7 Å². The molecule has 138 valence electrons. The molecule has 1 fully saturated rings. The highest BCUT2D eigenvalue weighted by atomic mass is 32.1. The van der Waals surface area contributed by atoms with Gasteiger partial charge in [0.1, 0.15) is 23.0 Å². The van der Waals surface area contributed by atoms with Crippen molar-refractivity contribution in [3.05, 3.63) is 29.0 Å². The first-order chi connectivity index (χ1) is 12.6. The monoisotopic (exact) mass is 373 g/mol. The van der Waals surface area contributed by atoms with E-state index in [0.717, 1.165) is 47.9 Å². The zero-order chi connectivity index (χ0) is 18.1. The Kier molecular flexibility index (Phi) is 4.86. The molecule has 0 radical (unpaired) electrons. The number of hydrogen-bond donors (Lipinski definition) is 1. The maximum Gasteiger partial charge on any atom is 0.249 e. The van der Waals surface area contributed by atoms with Gasteiger partial charge in [-0.1, -0.05) is 19.0 Å². The first-order valence-electron chi connectivity index (χ1n) is 9.00. The fraction of sp³-hybridized carbons (Fsp3) is 0.556. The van der Waals surface area contributed by atoms with Crippen LogP contribution in [0.1, 0.15) is 55.2 Å². The summed E-state index contributed by atoms with van der Waals surface area (Å²) in [6.07, 6.45) is 3.51. The van der Waals surface area contributed by atoms with E-state index in [4.69, 9.17) is 9.26 Å². The van der Waals surface area contributed by atoms with E-state index >= 15 is 0 Å². The fourth-order valence-electron chi connectivity index (χ4n) is 3.28. The second kappa shape index (κ2) is 7.28. The summed E-state index contributed by atoms with van der Waals surface area (Å²) in [5.41, 5.74) is 0. The Hall–Kier alpha value is -2.06. The van der Waals surface area contributed by atoms with Crippen LogP contribution in [0.4, 0.5) is 5.82 Å². The molecule has 0 bridgehead atoms. The molecular weight excluding hydrogens is 350 g/mol. The zero-order valence-corrected chi connectivity index (χ0v) is 16.0. The third-order valence-electron chi connectivity index (χ3n) is 4.72. The van der Waals surface area contributed by atoms with Crippen LogP contribution >= 0.6 is 11.3 Å². The third kappa shape index (κ3) is 3.43. The highest BCUT2D eigenvalue weighted by Crippen LogP contribution is 2.35. The minimum atomic E-state index is -0.0859. The SMILES string of the molecule is Cc1cc2c(NC(c3nc(C(C)C)no3)C3CCOCC3)ncnc2s1. The molecule has 1 saturated heterocycles. The van der Waals surface area contributed by atoms with Crippen molar-refractivity contribution in [3.63, 3.8) is 0 Å². The van der Waals surface area contributed by atoms with Gasteiger partial charge in [-0.15, -0.1) is 11.3 Å². The van der Waals surface area contributed by atoms with Crippen molar-refractivity contribution in [3.8, 4) is 0 Å². The van der Waals surface area contributed by atoms with Gasteiger partial charge in [0.15, 0.2) is 5.82 Å². The lowest BCUT2D eigenvalue weighted by atomic mass is 9.91. The van der Waals surface area contributed by atoms with Crippen molar-refractivity contribution in [2.45, 2.75) is 45.6 Å². The van der Waals surface area contributed by atoms with Gasteiger partial charge < -0.3 is 14.6 Å². The Morgan fingerprint density at radius 3 is 2.77 bits per heavy atom. The average molecular weight is 373 g/mol. The molecule has 0 aromatic carbocycles. The molecule has 1 N–H and O–H groups in total. The number of nitrogens with zero attached hydrogens (tertiary/aromatic N) is 4. The summed E-state index contributed by atoms with van der Waals surface area (Å²) in [5, 5.41) is 8.77. The van der Waals surface area contributed by atoms with Crippen LogP contribution in [0, 0.1) is 12.8 Å². The Labute approximate surface area is 156 Å². The fourth-order valence-corrected chi connectivity index (χ4v) is 4.12. The molecule has 0 aliphatic carbocycles. The number of fused-ring (bicyclic) bond motifs is 1. The van der Waals surface area contributed by atoms with E-state index in [9.17, 15) is 0 Å². The molecule has 1 unspecified atom stereocenters. The Balaban J connectivity index is 1.69. The summed E-state index contributed by atoms with van der Waals surface area (Å²) in [6, 6.07) is 2.04. The summed E-state index contributed by atoms with van der Waals surface area (Å²) in [5.74, 6) is 2.76. The Bertz CT molecular complexity index is 885. The van der Waals surface area contributed by atoms with Gasteiger partial charge in [-0.05, 0) is 31.7 Å². The summed E-state index contributed by atoms with van der Waals surface area (Å²) in [6.45, 7) is 7.72. The maximum atomic E-state index is 5.63. The van der Waals surface area contributed by atoms with Gasteiger partial charge in [0.25, 0.3) is 0 Å². The van der Waals surface area contributed by atoms with Crippen LogP contribution in [-0.4, -0.2) is 33.3 Å². The molecule has 1 atom stereocenters. The number of rotatable bonds is 5. The van der Waals surface area contributed by atoms with E-state index in [2.05, 4.69) is 52.3 Å². The van der Waals surface area contributed by atoms with Gasteiger partial charge in [-0.3, -0.25) is 0 Å². The molecule has 1 aliphatic rings. The van der Waals surface area contributed by atoms with E-state index in [1.807, 2.05) is 0 Å². The van der Waals surface area contributed by atoms with Gasteiger partial charge in [-0.2, -0.15) is 4.98 Å². The highest BCUT2D eigenvalue weighted by Gasteiger charge is 2.31. The molecule has 4 heterocycles. The van der Waals surface area contributed by atoms with Crippen molar-refractivity contribution in [1.82, 2.24) is 20.1 Å². The molecule has 0 amide bonds. The molecule has 4 rings (SSSR count). The second-order valence-electron chi connectivity index (χ2n) is 7.02. The molecule has 26 heavy (non-hydrogen) atoms. The van der Waals surface area contributed by atoms with E-state index < -0.39 is 0 Å². The molecular formula is C18H23N5O2S. The first-order valence-corrected chi connectivity index (χ1v) is 9.82. The Morgan fingerprint density at radius 2 is 2.04 bits per heavy atom. The number of aromatic nitrogens is 4. The molecule has 1 aliphatic heterocycles. The number of hydrogen-bond acceptors (Lipinski definition) is 8. The summed E-state index contributed by atoms with van der Waals surface area (Å²) in [7, 11) is 0. The summed E-state index contributed by atoms with van der Waals surface area (Å²) in [4.78, 5) is 15.7. The molecule has 0 saturated carbocycles. The second-order valence-corrected chi connectivity index (χ2v) is 8.25. The number of anilines is 1. The number of nitrogens with one attached hydrogen (secondary N) is 1. The molecule has 3 aromatic rings. The van der Waals surface area contributed by atoms with E-state index in [1.165, 1.54) is 4.88 Å². The Morgan fingerprint density at radius 1 is 1.23 bits per heavy atom. The normalized spacial score (nSPS) is 17.1. The van der Waals surface area contributed by atoms with E-state index in [0.29, 0.717) is 11.8 Å². The van der Waals surface area contributed by atoms with Crippen LogP contribution in [0.3, 0.4) is 0 Å². The van der Waals surface area contributed by atoms with Gasteiger partial charge >= 0.3 is 0 Å². The highest BCUT2D eigenvalue weighted by molar-refractivity contribution is 7.18. The topological polar surface area (TPSA) is 86.0 Å². The van der Waals surface area contributed by atoms with Crippen LogP contribution in [0.25, 0.3) is 10.2 Å². The van der Waals surface area contributed by atoms with Crippen LogP contribution in [0.15, 0.2) is 16.9 Å². The van der Waals surface area contributed by atoms with Gasteiger partial charge in [0.2, 0.25) is 5.89 Å². The van der Waals surface area contributed by atoms with Crippen molar-refractivity contribution in [1.29, 1.82) is 0 Å². The number of aryl methyl sites for hydroxylation is 1. The largest absolute Gasteiger partial charge is 0.381 e. The minimum absolute atomic E-state index is 0.0859. The summed E-state index contributed by atoms with van der Waals surface area (Å²) >= 11 is 1.67. The van der Waals surface area contributed by atoms with Gasteiger partial charge in [0, 0.05) is 24.0 Å². The number of thiophene rings is 1. The van der Waals surface area contributed by atoms with Crippen molar-refractivity contribution in [2.24, 2.45) is 5.92 Å². The van der Waals surface area contributed by atoms with Crippen molar-refractivity contribution in [2.75, 3.05) is 18.5 Å². The van der Waals surface area contributed by atoms with Crippen LogP contribution in [0.5, 0.6) is 0 Å². The zero-order valence-electron chi connectivity index (χ0n) is 15.2. The van der Waals surface area contributed by atoms with Crippen molar-refractivity contribution < 1.29 is 9.26 Å². The van der Waals surface area contributed by atoms with Crippen LogP contribution in [-0.2, 0) is 4.74 Å². The number of ether oxygens (including phenoxy) is 1. The standard InChI is InChI=1S/C18H23N5O2S/c1-10(2)15-22-17(25-23-15)14(12-4-6-24-7-5-12)21-16-13-8-11(3)26-18(13)20-9-19-16/h8-10,12,14H,4-7H2,1-3H3,(H,19,20,21). The average Bonchev–Trinajstić information content (AvgIpc) is 3.26. The lowest BCUT2D eigenvalue weighted by Gasteiger charge is -2.29. The molecule has 0 spiro atoms. The van der Waals surface area contributed by atoms with Crippen molar-refractivity contribution >= 4 is 27.4 Å². The van der Waals surface area contributed by atoms with Crippen LogP contribution in [0.2, 0.25) is 0 Å². The predicted molar refractivity (Wildman–Crippen MR) is 100 cm³/mol. The third-order valence-corrected chi connectivity index (χ3v) is 5.68. The van der Waals surface area contributed by atoms with Crippen LogP contribution < -0.4 is 5.32 Å². The molecule has 3 aromatic heterocycles. The lowest BCUT2D eigenvalue weighted by Crippen LogP contribution is -2.27. The summed E-state index contributed by atoms with van der Waals surface area (Å²) < 4.78 is 11.2. The smallest absolute Gasteiger partial charge is 0.249 e. The lowest BCUT2D eigenvalue weighted by molar-refractivity contribution is 0.0571. The van der Waals surface area contributed by atoms with Gasteiger partial charge in [-0.25, -0.2) is 9.97 Å². The first kappa shape index (κ1) is 17.4.